The van der Waals surface area contributed by atoms with E-state index in [9.17, 15) is 0 Å². The molecule has 0 unspecified atom stereocenters. The van der Waals surface area contributed by atoms with Crippen LogP contribution in [-0.4, -0.2) is 17.6 Å². The van der Waals surface area contributed by atoms with E-state index >= 15 is 0 Å². The third-order valence-corrected chi connectivity index (χ3v) is 3.21. The number of hydrogen-bond acceptors (Lipinski definition) is 3. The van der Waals surface area contributed by atoms with Gasteiger partial charge in [-0.25, -0.2) is 0 Å². The van der Waals surface area contributed by atoms with Gasteiger partial charge in [-0.15, -0.1) is 0 Å². The summed E-state index contributed by atoms with van der Waals surface area (Å²) in [5.41, 5.74) is 2.30. The highest BCUT2D eigenvalue weighted by Crippen LogP contribution is 2.23. The Hall–Kier alpha value is -1.87. The third-order valence-electron chi connectivity index (χ3n) is 3.21. The lowest BCUT2D eigenvalue weighted by atomic mass is 10.2. The maximum Gasteiger partial charge on any atom is 0.136 e. The number of pyridine rings is 1. The van der Waals surface area contributed by atoms with Crippen molar-refractivity contribution in [1.82, 2.24) is 10.3 Å². The summed E-state index contributed by atoms with van der Waals surface area (Å²) in [6.45, 7) is 3.06. The topological polar surface area (TPSA) is 38.1 Å². The van der Waals surface area contributed by atoms with Crippen molar-refractivity contribution in [3.05, 3.63) is 48.0 Å². The molecule has 1 N–H and O–H groups in total. The monoisotopic (exact) mass is 254 g/mol. The second-order valence-corrected chi connectivity index (χ2v) is 5.09. The summed E-state index contributed by atoms with van der Waals surface area (Å²) in [4.78, 5) is 4.10. The molecular weight excluding hydrogens is 236 g/mol. The predicted molar refractivity (Wildman–Crippen MR) is 76.6 cm³/mol. The molecule has 1 aliphatic rings. The molecule has 2 aromatic rings. The van der Waals surface area contributed by atoms with Crippen LogP contribution in [0.3, 0.4) is 0 Å². The zero-order chi connectivity index (χ0) is 13.1. The molecule has 1 saturated carbocycles. The number of furan rings is 1. The lowest BCUT2D eigenvalue weighted by Crippen LogP contribution is -2.18. The molecule has 0 spiro atoms. The molecule has 0 aliphatic heterocycles. The third kappa shape index (κ3) is 3.32. The Morgan fingerprint density at radius 3 is 3.05 bits per heavy atom. The molecule has 0 amide bonds. The van der Waals surface area contributed by atoms with Crippen LogP contribution in [0.1, 0.15) is 25.5 Å². The SMILES string of the molecule is CC(=Cc1ccc(-c2cccnc2)o1)CNC1CC1. The fourth-order valence-corrected chi connectivity index (χ4v) is 1.98. The summed E-state index contributed by atoms with van der Waals surface area (Å²) in [5, 5.41) is 3.50. The van der Waals surface area contributed by atoms with Crippen molar-refractivity contribution in [3.63, 3.8) is 0 Å². The van der Waals surface area contributed by atoms with E-state index in [0.29, 0.717) is 0 Å². The molecule has 2 aromatic heterocycles. The summed E-state index contributed by atoms with van der Waals surface area (Å²) >= 11 is 0. The minimum Gasteiger partial charge on any atom is -0.457 e. The van der Waals surface area contributed by atoms with Crippen molar-refractivity contribution in [3.8, 4) is 11.3 Å². The van der Waals surface area contributed by atoms with E-state index in [1.807, 2.05) is 30.5 Å². The van der Waals surface area contributed by atoms with Crippen LogP contribution in [0.25, 0.3) is 17.4 Å². The van der Waals surface area contributed by atoms with Gasteiger partial charge in [0.15, 0.2) is 0 Å². The van der Waals surface area contributed by atoms with Crippen molar-refractivity contribution in [1.29, 1.82) is 0 Å². The maximum atomic E-state index is 5.82. The molecule has 0 aromatic carbocycles. The van der Waals surface area contributed by atoms with Gasteiger partial charge < -0.3 is 9.73 Å². The van der Waals surface area contributed by atoms with Crippen molar-refractivity contribution < 1.29 is 4.42 Å². The fraction of sp³-hybridized carbons (Fsp3) is 0.312. The molecule has 98 valence electrons. The largest absolute Gasteiger partial charge is 0.457 e. The molecule has 1 aliphatic carbocycles. The minimum atomic E-state index is 0.742. The molecular formula is C16H18N2O. The molecule has 0 atom stereocenters. The van der Waals surface area contributed by atoms with E-state index in [1.54, 1.807) is 6.20 Å². The van der Waals surface area contributed by atoms with Gasteiger partial charge in [-0.05, 0) is 50.1 Å². The van der Waals surface area contributed by atoms with Crippen LogP contribution >= 0.6 is 0 Å². The van der Waals surface area contributed by atoms with Gasteiger partial charge in [-0.1, -0.05) is 5.57 Å². The van der Waals surface area contributed by atoms with Gasteiger partial charge in [-0.2, -0.15) is 0 Å². The molecule has 19 heavy (non-hydrogen) atoms. The van der Waals surface area contributed by atoms with Crippen LogP contribution in [0.5, 0.6) is 0 Å². The van der Waals surface area contributed by atoms with E-state index in [1.165, 1.54) is 18.4 Å². The second kappa shape index (κ2) is 5.41. The fourth-order valence-electron chi connectivity index (χ4n) is 1.98. The maximum absolute atomic E-state index is 5.82. The highest BCUT2D eigenvalue weighted by Gasteiger charge is 2.19. The first-order chi connectivity index (χ1) is 9.31. The highest BCUT2D eigenvalue weighted by atomic mass is 16.3. The standard InChI is InChI=1S/C16H18N2O/c1-12(10-18-14-4-5-14)9-15-6-7-16(19-15)13-3-2-8-17-11-13/h2-3,6-9,11,14,18H,4-5,10H2,1H3. The summed E-state index contributed by atoms with van der Waals surface area (Å²) in [6, 6.07) is 8.65. The van der Waals surface area contributed by atoms with Crippen molar-refractivity contribution >= 4 is 6.08 Å². The Morgan fingerprint density at radius 1 is 1.42 bits per heavy atom. The summed E-state index contributed by atoms with van der Waals surface area (Å²) < 4.78 is 5.82. The second-order valence-electron chi connectivity index (χ2n) is 5.09. The van der Waals surface area contributed by atoms with E-state index in [4.69, 9.17) is 4.42 Å². The lowest BCUT2D eigenvalue weighted by molar-refractivity contribution is 0.570. The van der Waals surface area contributed by atoms with E-state index in [0.717, 1.165) is 29.7 Å². The summed E-state index contributed by atoms with van der Waals surface area (Å²) in [5.74, 6) is 1.76. The van der Waals surface area contributed by atoms with Gasteiger partial charge in [-0.3, -0.25) is 4.98 Å². The Balaban J connectivity index is 1.68. The minimum absolute atomic E-state index is 0.742. The van der Waals surface area contributed by atoms with Gasteiger partial charge in [0.1, 0.15) is 11.5 Å². The molecule has 3 nitrogen and oxygen atoms in total. The van der Waals surface area contributed by atoms with Crippen LogP contribution in [-0.2, 0) is 0 Å². The number of hydrogen-bond donors (Lipinski definition) is 1. The first-order valence-electron chi connectivity index (χ1n) is 6.72. The summed E-state index contributed by atoms with van der Waals surface area (Å²) in [7, 11) is 0. The van der Waals surface area contributed by atoms with Crippen LogP contribution in [0.4, 0.5) is 0 Å². The first-order valence-corrected chi connectivity index (χ1v) is 6.72. The smallest absolute Gasteiger partial charge is 0.136 e. The van der Waals surface area contributed by atoms with Crippen LogP contribution in [0.2, 0.25) is 0 Å². The van der Waals surface area contributed by atoms with Crippen molar-refractivity contribution in [2.45, 2.75) is 25.8 Å². The van der Waals surface area contributed by atoms with Gasteiger partial charge in [0.05, 0.1) is 0 Å². The Morgan fingerprint density at radius 2 is 2.32 bits per heavy atom. The summed E-state index contributed by atoms with van der Waals surface area (Å²) in [6.07, 6.45) is 8.31. The number of nitrogens with zero attached hydrogens (tertiary/aromatic N) is 1. The van der Waals surface area contributed by atoms with Crippen LogP contribution < -0.4 is 5.32 Å². The average Bonchev–Trinajstić information content (AvgIpc) is 3.16. The van der Waals surface area contributed by atoms with E-state index < -0.39 is 0 Å². The highest BCUT2D eigenvalue weighted by molar-refractivity contribution is 5.59. The van der Waals surface area contributed by atoms with Crippen LogP contribution in [0.15, 0.2) is 46.6 Å². The van der Waals surface area contributed by atoms with E-state index in [2.05, 4.69) is 23.3 Å². The Bertz CT molecular complexity index is 567. The number of rotatable bonds is 5. The van der Waals surface area contributed by atoms with Crippen LogP contribution in [0, 0.1) is 0 Å². The van der Waals surface area contributed by atoms with Gasteiger partial charge >= 0.3 is 0 Å². The molecule has 0 saturated heterocycles. The Kier molecular flexibility index (Phi) is 3.47. The van der Waals surface area contributed by atoms with E-state index in [-0.39, 0.29) is 0 Å². The van der Waals surface area contributed by atoms with Crippen molar-refractivity contribution in [2.24, 2.45) is 0 Å². The zero-order valence-corrected chi connectivity index (χ0v) is 11.1. The molecule has 0 bridgehead atoms. The van der Waals surface area contributed by atoms with Crippen molar-refractivity contribution in [2.75, 3.05) is 6.54 Å². The first kappa shape index (κ1) is 12.2. The lowest BCUT2D eigenvalue weighted by Gasteiger charge is -2.01. The quantitative estimate of drug-likeness (QED) is 0.887. The molecule has 2 heterocycles. The van der Waals surface area contributed by atoms with Gasteiger partial charge in [0, 0.05) is 30.5 Å². The number of nitrogens with one attached hydrogen (secondary N) is 1. The Labute approximate surface area is 113 Å². The van der Waals surface area contributed by atoms with Gasteiger partial charge in [0.2, 0.25) is 0 Å². The molecule has 1 fully saturated rings. The molecule has 0 radical (unpaired) electrons. The van der Waals surface area contributed by atoms with Gasteiger partial charge in [0.25, 0.3) is 0 Å². The average molecular weight is 254 g/mol. The number of aromatic nitrogens is 1. The normalized spacial score (nSPS) is 15.7. The molecule has 3 rings (SSSR count). The zero-order valence-electron chi connectivity index (χ0n) is 11.1. The predicted octanol–water partition coefficient (Wildman–Crippen LogP) is 3.50. The molecule has 3 heteroatoms.